The summed E-state index contributed by atoms with van der Waals surface area (Å²) < 4.78 is 18.1. The van der Waals surface area contributed by atoms with Gasteiger partial charge in [-0.3, -0.25) is 0 Å². The van der Waals surface area contributed by atoms with Gasteiger partial charge in [0.1, 0.15) is 0 Å². The summed E-state index contributed by atoms with van der Waals surface area (Å²) in [6.45, 7) is 1.67. The highest BCUT2D eigenvalue weighted by Gasteiger charge is 2.13. The first-order valence-corrected chi connectivity index (χ1v) is 4.10. The number of para-hydroxylation sites is 1. The van der Waals surface area contributed by atoms with Crippen LogP contribution in [0.15, 0.2) is 23.2 Å². The highest BCUT2D eigenvalue weighted by atomic mass is 19.1. The molecule has 74 valence electrons. The first-order chi connectivity index (χ1) is 6.70. The molecule has 4 heteroatoms. The van der Waals surface area contributed by atoms with Crippen molar-refractivity contribution in [1.82, 2.24) is 0 Å². The minimum Gasteiger partial charge on any atom is -0.493 e. The molecule has 0 fully saturated rings. The van der Waals surface area contributed by atoms with Gasteiger partial charge in [-0.25, -0.2) is 9.18 Å². The normalized spacial score (nSPS) is 11.6. The van der Waals surface area contributed by atoms with Crippen LogP contribution in [0.5, 0.6) is 5.75 Å². The van der Waals surface area contributed by atoms with Gasteiger partial charge in [0.25, 0.3) is 0 Å². The second-order valence-corrected chi connectivity index (χ2v) is 2.76. The molecule has 1 aromatic carbocycles. The molecule has 0 aliphatic carbocycles. The van der Waals surface area contributed by atoms with Gasteiger partial charge >= 0.3 is 0 Å². The number of halogens is 1. The molecule has 1 rings (SSSR count). The maximum Gasteiger partial charge on any atom is 0.235 e. The van der Waals surface area contributed by atoms with E-state index in [1.807, 2.05) is 0 Å². The van der Waals surface area contributed by atoms with Crippen molar-refractivity contribution in [3.8, 4) is 5.75 Å². The molecule has 0 radical (unpaired) electrons. The second kappa shape index (κ2) is 4.53. The Bertz CT molecular complexity index is 372. The summed E-state index contributed by atoms with van der Waals surface area (Å²) in [5.41, 5.74) is 0.538. The molecule has 14 heavy (non-hydrogen) atoms. The van der Waals surface area contributed by atoms with Gasteiger partial charge in [0.2, 0.25) is 6.08 Å². The van der Waals surface area contributed by atoms with Crippen LogP contribution >= 0.6 is 0 Å². The second-order valence-electron chi connectivity index (χ2n) is 2.76. The Labute approximate surface area is 81.2 Å². The molecule has 0 saturated heterocycles. The Kier molecular flexibility index (Phi) is 3.37. The summed E-state index contributed by atoms with van der Waals surface area (Å²) in [4.78, 5) is 13.5. The first kappa shape index (κ1) is 10.4. The van der Waals surface area contributed by atoms with E-state index in [1.54, 1.807) is 19.1 Å². The lowest BCUT2D eigenvalue weighted by Gasteiger charge is -2.10. The Hall–Kier alpha value is -1.67. The molecule has 3 nitrogen and oxygen atoms in total. The van der Waals surface area contributed by atoms with Gasteiger partial charge in [0, 0.05) is 5.56 Å². The molecule has 0 aromatic heterocycles. The van der Waals surface area contributed by atoms with Crippen molar-refractivity contribution in [3.63, 3.8) is 0 Å². The molecular formula is C10H10FNO2. The maximum absolute atomic E-state index is 13.2. The molecule has 0 bridgehead atoms. The van der Waals surface area contributed by atoms with E-state index in [2.05, 4.69) is 4.99 Å². The quantitative estimate of drug-likeness (QED) is 0.548. The van der Waals surface area contributed by atoms with Crippen LogP contribution in [0.3, 0.4) is 0 Å². The smallest absolute Gasteiger partial charge is 0.235 e. The first-order valence-electron chi connectivity index (χ1n) is 4.10. The molecule has 1 atom stereocenters. The molecule has 0 spiro atoms. The number of methoxy groups -OCH3 is 1. The van der Waals surface area contributed by atoms with Crippen LogP contribution in [-0.4, -0.2) is 13.2 Å². The van der Waals surface area contributed by atoms with E-state index in [9.17, 15) is 9.18 Å². The molecule has 1 aromatic rings. The number of hydrogen-bond acceptors (Lipinski definition) is 3. The lowest BCUT2D eigenvalue weighted by atomic mass is 10.1. The standard InChI is InChI=1S/C10H10FNO2/c1-7(12-6-13)8-4-3-5-9(11)10(8)14-2/h3-5,7H,1-2H3. The molecule has 0 aliphatic rings. The van der Waals surface area contributed by atoms with Gasteiger partial charge < -0.3 is 4.74 Å². The molecule has 0 amide bonds. The summed E-state index contributed by atoms with van der Waals surface area (Å²) in [7, 11) is 1.37. The predicted molar refractivity (Wildman–Crippen MR) is 49.5 cm³/mol. The topological polar surface area (TPSA) is 38.7 Å². The third-order valence-electron chi connectivity index (χ3n) is 1.90. The largest absolute Gasteiger partial charge is 0.493 e. The molecule has 0 heterocycles. The van der Waals surface area contributed by atoms with Gasteiger partial charge in [-0.1, -0.05) is 12.1 Å². The number of rotatable bonds is 3. The third-order valence-corrected chi connectivity index (χ3v) is 1.90. The van der Waals surface area contributed by atoms with E-state index in [0.717, 1.165) is 0 Å². The van der Waals surface area contributed by atoms with Gasteiger partial charge in [-0.05, 0) is 13.0 Å². The Morgan fingerprint density at radius 2 is 2.29 bits per heavy atom. The summed E-state index contributed by atoms with van der Waals surface area (Å²) in [6.07, 6.45) is 1.43. The number of ether oxygens (including phenoxy) is 1. The highest BCUT2D eigenvalue weighted by molar-refractivity contribution is 5.40. The van der Waals surface area contributed by atoms with Gasteiger partial charge in [-0.2, -0.15) is 4.99 Å². The number of nitrogens with zero attached hydrogens (tertiary/aromatic N) is 1. The third kappa shape index (κ3) is 1.98. The average molecular weight is 195 g/mol. The minimum atomic E-state index is -0.460. The fraction of sp³-hybridized carbons (Fsp3) is 0.300. The number of aliphatic imine (C=N–C) groups is 1. The number of carbonyl (C=O) groups excluding carboxylic acids is 1. The molecule has 1 unspecified atom stereocenters. The Balaban J connectivity index is 3.19. The fourth-order valence-electron chi connectivity index (χ4n) is 1.22. The lowest BCUT2D eigenvalue weighted by molar-refractivity contribution is 0.379. The SMILES string of the molecule is COc1c(F)cccc1C(C)N=C=O. The molecule has 0 aliphatic heterocycles. The molecule has 0 saturated carbocycles. The summed E-state index contributed by atoms with van der Waals surface area (Å²) in [5.74, 6) is -0.336. The summed E-state index contributed by atoms with van der Waals surface area (Å²) >= 11 is 0. The van der Waals surface area contributed by atoms with Crippen molar-refractivity contribution in [3.05, 3.63) is 29.6 Å². The molecule has 0 N–H and O–H groups in total. The van der Waals surface area contributed by atoms with Crippen LogP contribution < -0.4 is 4.74 Å². The molecular weight excluding hydrogens is 185 g/mol. The van der Waals surface area contributed by atoms with Crippen molar-refractivity contribution in [2.24, 2.45) is 4.99 Å². The zero-order valence-electron chi connectivity index (χ0n) is 7.95. The van der Waals surface area contributed by atoms with Crippen LogP contribution in [0.2, 0.25) is 0 Å². The zero-order chi connectivity index (χ0) is 10.6. The number of benzene rings is 1. The lowest BCUT2D eigenvalue weighted by Crippen LogP contribution is -1.97. The van der Waals surface area contributed by atoms with E-state index < -0.39 is 11.9 Å². The number of hydrogen-bond donors (Lipinski definition) is 0. The zero-order valence-corrected chi connectivity index (χ0v) is 7.95. The van der Waals surface area contributed by atoms with Crippen molar-refractivity contribution in [1.29, 1.82) is 0 Å². The van der Waals surface area contributed by atoms with Crippen molar-refractivity contribution < 1.29 is 13.9 Å². The fourth-order valence-corrected chi connectivity index (χ4v) is 1.22. The van der Waals surface area contributed by atoms with Gasteiger partial charge in [-0.15, -0.1) is 0 Å². The van der Waals surface area contributed by atoms with Crippen LogP contribution in [0.4, 0.5) is 4.39 Å². The Morgan fingerprint density at radius 3 is 2.86 bits per heavy atom. The van der Waals surface area contributed by atoms with E-state index in [4.69, 9.17) is 4.74 Å². The van der Waals surface area contributed by atoms with Crippen LogP contribution in [0, 0.1) is 5.82 Å². The van der Waals surface area contributed by atoms with Crippen molar-refractivity contribution in [2.45, 2.75) is 13.0 Å². The number of isocyanates is 1. The summed E-state index contributed by atoms with van der Waals surface area (Å²) in [5, 5.41) is 0. The summed E-state index contributed by atoms with van der Waals surface area (Å²) in [6, 6.07) is 4.05. The van der Waals surface area contributed by atoms with E-state index >= 15 is 0 Å². The minimum absolute atomic E-state index is 0.124. The van der Waals surface area contributed by atoms with E-state index in [1.165, 1.54) is 19.3 Å². The van der Waals surface area contributed by atoms with Gasteiger partial charge in [0.05, 0.1) is 13.2 Å². The average Bonchev–Trinajstić information content (AvgIpc) is 2.17. The van der Waals surface area contributed by atoms with Crippen molar-refractivity contribution in [2.75, 3.05) is 7.11 Å². The van der Waals surface area contributed by atoms with Crippen LogP contribution in [0.1, 0.15) is 18.5 Å². The van der Waals surface area contributed by atoms with Gasteiger partial charge in [0.15, 0.2) is 11.6 Å². The van der Waals surface area contributed by atoms with Crippen LogP contribution in [0.25, 0.3) is 0 Å². The maximum atomic E-state index is 13.2. The highest BCUT2D eigenvalue weighted by Crippen LogP contribution is 2.29. The van der Waals surface area contributed by atoms with E-state index in [-0.39, 0.29) is 5.75 Å². The monoisotopic (exact) mass is 195 g/mol. The van der Waals surface area contributed by atoms with Crippen LogP contribution in [-0.2, 0) is 4.79 Å². The predicted octanol–water partition coefficient (Wildman–Crippen LogP) is 2.23. The van der Waals surface area contributed by atoms with Crippen molar-refractivity contribution >= 4 is 6.08 Å². The Morgan fingerprint density at radius 1 is 1.57 bits per heavy atom. The van der Waals surface area contributed by atoms with E-state index in [0.29, 0.717) is 5.56 Å².